The third-order valence-corrected chi connectivity index (χ3v) is 5.80. The smallest absolute Gasteiger partial charge is 0.242 e. The van der Waals surface area contributed by atoms with Crippen LogP contribution < -0.4 is 15.1 Å². The molecule has 162 valence electrons. The fourth-order valence-electron chi connectivity index (χ4n) is 4.03. The lowest BCUT2D eigenvalue weighted by atomic mass is 10.1. The molecule has 1 unspecified atom stereocenters. The monoisotopic (exact) mass is 424 g/mol. The van der Waals surface area contributed by atoms with Crippen LogP contribution in [0.25, 0.3) is 0 Å². The van der Waals surface area contributed by atoms with Gasteiger partial charge in [-0.1, -0.05) is 18.2 Å². The standard InChI is InChI=1S/C23H25FN4O3/c24-18-6-8-19(9-7-18)26-10-12-27(13-11-26)22(30)15-25-23(31)17-14-21(29)28(16-17)20-4-2-1-3-5-20/h1-9,17H,10-16H2,(H,25,31). The van der Waals surface area contributed by atoms with Crippen molar-refractivity contribution in [3.8, 4) is 0 Å². The zero-order valence-corrected chi connectivity index (χ0v) is 17.2. The quantitative estimate of drug-likeness (QED) is 0.792. The average molecular weight is 424 g/mol. The minimum atomic E-state index is -0.462. The van der Waals surface area contributed by atoms with Gasteiger partial charge in [0.2, 0.25) is 17.7 Å². The molecule has 0 spiro atoms. The Morgan fingerprint density at radius 1 is 0.935 bits per heavy atom. The van der Waals surface area contributed by atoms with Crippen molar-refractivity contribution in [2.75, 3.05) is 49.1 Å². The number of halogens is 1. The van der Waals surface area contributed by atoms with Crippen LogP contribution in [0.5, 0.6) is 0 Å². The first-order chi connectivity index (χ1) is 15.0. The first-order valence-corrected chi connectivity index (χ1v) is 10.4. The Kier molecular flexibility index (Phi) is 6.16. The summed E-state index contributed by atoms with van der Waals surface area (Å²) in [7, 11) is 0. The molecule has 0 aliphatic carbocycles. The normalized spacial score (nSPS) is 18.9. The number of rotatable bonds is 5. The molecule has 0 saturated carbocycles. The number of hydrogen-bond donors (Lipinski definition) is 1. The summed E-state index contributed by atoms with van der Waals surface area (Å²) in [5.41, 5.74) is 1.70. The Labute approximate surface area is 180 Å². The Morgan fingerprint density at radius 3 is 2.29 bits per heavy atom. The lowest BCUT2D eigenvalue weighted by Gasteiger charge is -2.36. The van der Waals surface area contributed by atoms with Crippen LogP contribution in [0.4, 0.5) is 15.8 Å². The first kappa shape index (κ1) is 20.8. The van der Waals surface area contributed by atoms with Crippen LogP contribution in [-0.2, 0) is 14.4 Å². The summed E-state index contributed by atoms with van der Waals surface area (Å²) in [6.07, 6.45) is 0.144. The lowest BCUT2D eigenvalue weighted by Crippen LogP contribution is -2.51. The van der Waals surface area contributed by atoms with E-state index in [9.17, 15) is 18.8 Å². The van der Waals surface area contributed by atoms with Gasteiger partial charge in [0.05, 0.1) is 12.5 Å². The average Bonchev–Trinajstić information content (AvgIpc) is 3.20. The summed E-state index contributed by atoms with van der Waals surface area (Å²) in [5.74, 6) is -1.24. The van der Waals surface area contributed by atoms with Crippen molar-refractivity contribution in [3.63, 3.8) is 0 Å². The fourth-order valence-corrected chi connectivity index (χ4v) is 4.03. The molecule has 2 aromatic rings. The summed E-state index contributed by atoms with van der Waals surface area (Å²) < 4.78 is 13.1. The molecule has 0 bridgehead atoms. The Morgan fingerprint density at radius 2 is 1.61 bits per heavy atom. The van der Waals surface area contributed by atoms with Crippen molar-refractivity contribution in [2.24, 2.45) is 5.92 Å². The van der Waals surface area contributed by atoms with Crippen LogP contribution in [0.1, 0.15) is 6.42 Å². The van der Waals surface area contributed by atoms with E-state index in [1.54, 1.807) is 21.9 Å². The molecule has 2 heterocycles. The number of piperazine rings is 1. The Hall–Kier alpha value is -3.42. The predicted octanol–water partition coefficient (Wildman–Crippen LogP) is 1.64. The molecule has 3 amide bonds. The summed E-state index contributed by atoms with van der Waals surface area (Å²) in [4.78, 5) is 42.8. The van der Waals surface area contributed by atoms with Gasteiger partial charge in [-0.2, -0.15) is 0 Å². The third kappa shape index (κ3) is 4.84. The third-order valence-electron chi connectivity index (χ3n) is 5.80. The predicted molar refractivity (Wildman–Crippen MR) is 115 cm³/mol. The topological polar surface area (TPSA) is 73.0 Å². The molecule has 2 aromatic carbocycles. The van der Waals surface area contributed by atoms with E-state index in [4.69, 9.17) is 0 Å². The molecule has 1 atom stereocenters. The summed E-state index contributed by atoms with van der Waals surface area (Å²) in [5, 5.41) is 2.70. The van der Waals surface area contributed by atoms with Gasteiger partial charge in [-0.25, -0.2) is 4.39 Å². The number of nitrogens with zero attached hydrogens (tertiary/aromatic N) is 3. The summed E-state index contributed by atoms with van der Waals surface area (Å²) in [6.45, 7) is 2.61. The molecule has 8 heteroatoms. The maximum absolute atomic E-state index is 13.1. The molecule has 31 heavy (non-hydrogen) atoms. The van der Waals surface area contributed by atoms with Gasteiger partial charge in [0.1, 0.15) is 5.82 Å². The van der Waals surface area contributed by atoms with E-state index in [0.29, 0.717) is 32.7 Å². The first-order valence-electron chi connectivity index (χ1n) is 10.4. The molecule has 2 aliphatic heterocycles. The number of benzene rings is 2. The van der Waals surface area contributed by atoms with Crippen molar-refractivity contribution >= 4 is 29.1 Å². The maximum Gasteiger partial charge on any atom is 0.242 e. The number of para-hydroxylation sites is 1. The number of nitrogens with one attached hydrogen (secondary N) is 1. The number of hydrogen-bond acceptors (Lipinski definition) is 4. The van der Waals surface area contributed by atoms with Gasteiger partial charge in [-0.15, -0.1) is 0 Å². The number of anilines is 2. The van der Waals surface area contributed by atoms with Gasteiger partial charge in [0.15, 0.2) is 0 Å². The number of carbonyl (C=O) groups is 3. The second kappa shape index (κ2) is 9.16. The highest BCUT2D eigenvalue weighted by molar-refractivity contribution is 6.00. The molecule has 7 nitrogen and oxygen atoms in total. The SMILES string of the molecule is O=C(NCC(=O)N1CCN(c2ccc(F)cc2)CC1)C1CC(=O)N(c2ccccc2)C1. The summed E-state index contributed by atoms with van der Waals surface area (Å²) in [6, 6.07) is 15.6. The largest absolute Gasteiger partial charge is 0.368 e. The van der Waals surface area contributed by atoms with E-state index in [2.05, 4.69) is 10.2 Å². The van der Waals surface area contributed by atoms with Gasteiger partial charge in [-0.3, -0.25) is 14.4 Å². The second-order valence-corrected chi connectivity index (χ2v) is 7.80. The molecule has 2 saturated heterocycles. The molecule has 0 radical (unpaired) electrons. The van der Waals surface area contributed by atoms with Gasteiger partial charge < -0.3 is 20.0 Å². The zero-order chi connectivity index (χ0) is 21.8. The van der Waals surface area contributed by atoms with Gasteiger partial charge in [0.25, 0.3) is 0 Å². The van der Waals surface area contributed by atoms with Gasteiger partial charge in [0, 0.05) is 50.5 Å². The molecule has 0 aromatic heterocycles. The van der Waals surface area contributed by atoms with Crippen LogP contribution in [0.15, 0.2) is 54.6 Å². The van der Waals surface area contributed by atoms with Crippen LogP contribution in [0.2, 0.25) is 0 Å². The second-order valence-electron chi connectivity index (χ2n) is 7.80. The zero-order valence-electron chi connectivity index (χ0n) is 17.2. The van der Waals surface area contributed by atoms with E-state index < -0.39 is 5.92 Å². The van der Waals surface area contributed by atoms with Crippen LogP contribution in [0.3, 0.4) is 0 Å². The fraction of sp³-hybridized carbons (Fsp3) is 0.348. The van der Waals surface area contributed by atoms with Crippen LogP contribution in [-0.4, -0.2) is 61.9 Å². The number of carbonyl (C=O) groups excluding carboxylic acids is 3. The molecule has 2 fully saturated rings. The van der Waals surface area contributed by atoms with Crippen molar-refractivity contribution in [3.05, 3.63) is 60.4 Å². The molecule has 1 N–H and O–H groups in total. The number of amides is 3. The van der Waals surface area contributed by atoms with Crippen molar-refractivity contribution in [2.45, 2.75) is 6.42 Å². The van der Waals surface area contributed by atoms with E-state index in [-0.39, 0.29) is 36.5 Å². The van der Waals surface area contributed by atoms with Crippen LogP contribution in [0, 0.1) is 11.7 Å². The minimum absolute atomic E-state index is 0.0780. The van der Waals surface area contributed by atoms with E-state index in [1.165, 1.54) is 12.1 Å². The highest BCUT2D eigenvalue weighted by atomic mass is 19.1. The highest BCUT2D eigenvalue weighted by Crippen LogP contribution is 2.24. The van der Waals surface area contributed by atoms with Gasteiger partial charge in [-0.05, 0) is 36.4 Å². The van der Waals surface area contributed by atoms with E-state index in [1.807, 2.05) is 30.3 Å². The molecular weight excluding hydrogens is 399 g/mol. The summed E-state index contributed by atoms with van der Waals surface area (Å²) >= 11 is 0. The maximum atomic E-state index is 13.1. The molecule has 4 rings (SSSR count). The van der Waals surface area contributed by atoms with E-state index in [0.717, 1.165) is 11.4 Å². The molecular formula is C23H25FN4O3. The van der Waals surface area contributed by atoms with Gasteiger partial charge >= 0.3 is 0 Å². The highest BCUT2D eigenvalue weighted by Gasteiger charge is 2.35. The van der Waals surface area contributed by atoms with E-state index >= 15 is 0 Å². The minimum Gasteiger partial charge on any atom is -0.368 e. The molecule has 2 aliphatic rings. The van der Waals surface area contributed by atoms with Crippen molar-refractivity contribution in [1.82, 2.24) is 10.2 Å². The Balaban J connectivity index is 1.23. The Bertz CT molecular complexity index is 943. The van der Waals surface area contributed by atoms with Crippen LogP contribution >= 0.6 is 0 Å². The van der Waals surface area contributed by atoms with Crippen molar-refractivity contribution in [1.29, 1.82) is 0 Å². The lowest BCUT2D eigenvalue weighted by molar-refractivity contribution is -0.134. The van der Waals surface area contributed by atoms with Crippen molar-refractivity contribution < 1.29 is 18.8 Å².